The first kappa shape index (κ1) is 20.9. The number of nitrogens with zero attached hydrogens (tertiary/aromatic N) is 1. The van der Waals surface area contributed by atoms with E-state index in [1.807, 2.05) is 43.3 Å². The van der Waals surface area contributed by atoms with Crippen molar-refractivity contribution in [3.8, 4) is 11.5 Å². The maximum atomic E-state index is 12.5. The number of benzene rings is 3. The second kappa shape index (κ2) is 9.18. The van der Waals surface area contributed by atoms with E-state index < -0.39 is 0 Å². The first-order chi connectivity index (χ1) is 15.1. The second-order valence-electron chi connectivity index (χ2n) is 7.28. The molecule has 0 saturated carbocycles. The molecule has 3 aromatic rings. The zero-order chi connectivity index (χ0) is 21.8. The summed E-state index contributed by atoms with van der Waals surface area (Å²) in [5.41, 5.74) is 2.40. The predicted molar refractivity (Wildman–Crippen MR) is 127 cm³/mol. The van der Waals surface area contributed by atoms with Gasteiger partial charge in [0.2, 0.25) is 0 Å². The summed E-state index contributed by atoms with van der Waals surface area (Å²) >= 11 is 5.27. The van der Waals surface area contributed by atoms with Gasteiger partial charge in [0.1, 0.15) is 12.3 Å². The third kappa shape index (κ3) is 4.39. The standard InChI is InChI=1S/C25H24N2O3S/c1-3-13-27-24(28)21(26-25(27)31)14-17-11-12-22(23(15-17)29-2)30-16-19-9-6-8-18-7-4-5-10-20(18)19/h4-12,14-15H,3,13,16H2,1-2H3,(H,26,31)/b21-14-. The van der Waals surface area contributed by atoms with Crippen LogP contribution in [0.25, 0.3) is 16.8 Å². The highest BCUT2D eigenvalue weighted by molar-refractivity contribution is 7.80. The minimum Gasteiger partial charge on any atom is -0.493 e. The molecule has 0 bridgehead atoms. The first-order valence-corrected chi connectivity index (χ1v) is 10.6. The Balaban J connectivity index is 1.53. The fourth-order valence-corrected chi connectivity index (χ4v) is 3.92. The van der Waals surface area contributed by atoms with Gasteiger partial charge in [-0.3, -0.25) is 9.69 Å². The van der Waals surface area contributed by atoms with Gasteiger partial charge in [0.05, 0.1) is 7.11 Å². The summed E-state index contributed by atoms with van der Waals surface area (Å²) in [6.45, 7) is 3.05. The van der Waals surface area contributed by atoms with E-state index >= 15 is 0 Å². The van der Waals surface area contributed by atoms with E-state index in [0.29, 0.717) is 35.5 Å². The van der Waals surface area contributed by atoms with Crippen LogP contribution in [-0.2, 0) is 11.4 Å². The Bertz CT molecular complexity index is 1170. The van der Waals surface area contributed by atoms with Crippen LogP contribution in [0, 0.1) is 0 Å². The van der Waals surface area contributed by atoms with E-state index in [1.54, 1.807) is 18.1 Å². The van der Waals surface area contributed by atoms with Crippen molar-refractivity contribution in [1.82, 2.24) is 10.2 Å². The molecular formula is C25H24N2O3S. The lowest BCUT2D eigenvalue weighted by molar-refractivity contribution is -0.122. The summed E-state index contributed by atoms with van der Waals surface area (Å²) in [5.74, 6) is 1.14. The zero-order valence-corrected chi connectivity index (χ0v) is 18.4. The lowest BCUT2D eigenvalue weighted by Crippen LogP contribution is -2.31. The van der Waals surface area contributed by atoms with Crippen LogP contribution in [-0.4, -0.2) is 29.6 Å². The van der Waals surface area contributed by atoms with Crippen molar-refractivity contribution >= 4 is 40.1 Å². The van der Waals surface area contributed by atoms with Gasteiger partial charge < -0.3 is 14.8 Å². The maximum Gasteiger partial charge on any atom is 0.276 e. The molecule has 5 nitrogen and oxygen atoms in total. The SMILES string of the molecule is CCCN1C(=O)/C(=C/c2ccc(OCc3cccc4ccccc34)c(OC)c2)NC1=S. The minimum absolute atomic E-state index is 0.109. The van der Waals surface area contributed by atoms with Crippen molar-refractivity contribution in [3.05, 3.63) is 77.5 Å². The first-order valence-electron chi connectivity index (χ1n) is 10.2. The van der Waals surface area contributed by atoms with Gasteiger partial charge in [0.25, 0.3) is 5.91 Å². The van der Waals surface area contributed by atoms with Crippen molar-refractivity contribution in [3.63, 3.8) is 0 Å². The van der Waals surface area contributed by atoms with Crippen LogP contribution in [0.1, 0.15) is 24.5 Å². The Labute approximate surface area is 187 Å². The molecule has 31 heavy (non-hydrogen) atoms. The maximum absolute atomic E-state index is 12.5. The highest BCUT2D eigenvalue weighted by atomic mass is 32.1. The van der Waals surface area contributed by atoms with Gasteiger partial charge in [-0.05, 0) is 58.7 Å². The number of carbonyl (C=O) groups is 1. The number of rotatable bonds is 7. The number of ether oxygens (including phenoxy) is 2. The number of thiocarbonyl (C=S) groups is 1. The topological polar surface area (TPSA) is 50.8 Å². The molecule has 1 saturated heterocycles. The molecule has 6 heteroatoms. The van der Waals surface area contributed by atoms with Crippen LogP contribution < -0.4 is 14.8 Å². The quantitative estimate of drug-likeness (QED) is 0.425. The van der Waals surface area contributed by atoms with Crippen LogP contribution in [0.2, 0.25) is 0 Å². The molecule has 1 aliphatic heterocycles. The fourth-order valence-electron chi connectivity index (χ4n) is 3.63. The Morgan fingerprint density at radius 2 is 1.87 bits per heavy atom. The van der Waals surface area contributed by atoms with Crippen molar-refractivity contribution in [2.75, 3.05) is 13.7 Å². The summed E-state index contributed by atoms with van der Waals surface area (Å²) in [5, 5.41) is 5.80. The lowest BCUT2D eigenvalue weighted by atomic mass is 10.1. The van der Waals surface area contributed by atoms with E-state index in [1.165, 1.54) is 10.8 Å². The smallest absolute Gasteiger partial charge is 0.276 e. The predicted octanol–water partition coefficient (Wildman–Crippen LogP) is 4.90. The van der Waals surface area contributed by atoms with E-state index in [-0.39, 0.29) is 5.91 Å². The molecule has 1 N–H and O–H groups in total. The van der Waals surface area contributed by atoms with Gasteiger partial charge in [0.15, 0.2) is 16.6 Å². The summed E-state index contributed by atoms with van der Waals surface area (Å²) < 4.78 is 11.6. The molecule has 1 amide bonds. The third-order valence-corrected chi connectivity index (χ3v) is 5.49. The number of nitrogens with one attached hydrogen (secondary N) is 1. The normalized spacial score (nSPS) is 14.9. The monoisotopic (exact) mass is 432 g/mol. The van der Waals surface area contributed by atoms with Crippen LogP contribution in [0.15, 0.2) is 66.4 Å². The van der Waals surface area contributed by atoms with Gasteiger partial charge in [-0.1, -0.05) is 55.5 Å². The van der Waals surface area contributed by atoms with Gasteiger partial charge in [-0.2, -0.15) is 0 Å². The number of carbonyl (C=O) groups excluding carboxylic acids is 1. The fraction of sp³-hybridized carbons (Fsp3) is 0.200. The van der Waals surface area contributed by atoms with E-state index in [2.05, 4.69) is 29.6 Å². The molecule has 1 fully saturated rings. The summed E-state index contributed by atoms with van der Waals surface area (Å²) in [6, 6.07) is 20.0. The average Bonchev–Trinajstić information content (AvgIpc) is 3.05. The van der Waals surface area contributed by atoms with E-state index in [4.69, 9.17) is 21.7 Å². The third-order valence-electron chi connectivity index (χ3n) is 5.17. The number of amides is 1. The largest absolute Gasteiger partial charge is 0.493 e. The minimum atomic E-state index is -0.109. The number of fused-ring (bicyclic) bond motifs is 1. The summed E-state index contributed by atoms with van der Waals surface area (Å²) in [4.78, 5) is 14.1. The average molecular weight is 433 g/mol. The second-order valence-corrected chi connectivity index (χ2v) is 7.67. The van der Waals surface area contributed by atoms with Crippen LogP contribution in [0.4, 0.5) is 0 Å². The van der Waals surface area contributed by atoms with Crippen molar-refractivity contribution in [1.29, 1.82) is 0 Å². The molecule has 1 aliphatic rings. The number of methoxy groups -OCH3 is 1. The van der Waals surface area contributed by atoms with Crippen LogP contribution >= 0.6 is 12.2 Å². The van der Waals surface area contributed by atoms with Gasteiger partial charge in [0, 0.05) is 6.54 Å². The van der Waals surface area contributed by atoms with Gasteiger partial charge in [-0.25, -0.2) is 0 Å². The Hall–Kier alpha value is -3.38. The highest BCUT2D eigenvalue weighted by Crippen LogP contribution is 2.31. The van der Waals surface area contributed by atoms with Crippen LogP contribution in [0.5, 0.6) is 11.5 Å². The molecule has 3 aromatic carbocycles. The number of hydrogen-bond acceptors (Lipinski definition) is 4. The number of hydrogen-bond donors (Lipinski definition) is 1. The molecule has 0 radical (unpaired) electrons. The Kier molecular flexibility index (Phi) is 6.18. The lowest BCUT2D eigenvalue weighted by Gasteiger charge is -2.13. The molecule has 0 aromatic heterocycles. The van der Waals surface area contributed by atoms with Gasteiger partial charge >= 0.3 is 0 Å². The molecule has 0 aliphatic carbocycles. The molecular weight excluding hydrogens is 408 g/mol. The summed E-state index contributed by atoms with van der Waals surface area (Å²) in [7, 11) is 1.61. The Morgan fingerprint density at radius 3 is 2.68 bits per heavy atom. The van der Waals surface area contributed by atoms with Crippen molar-refractivity contribution in [2.24, 2.45) is 0 Å². The van der Waals surface area contributed by atoms with E-state index in [9.17, 15) is 4.79 Å². The molecule has 0 unspecified atom stereocenters. The molecule has 1 heterocycles. The molecule has 158 valence electrons. The molecule has 4 rings (SSSR count). The van der Waals surface area contributed by atoms with Gasteiger partial charge in [-0.15, -0.1) is 0 Å². The molecule has 0 atom stereocenters. The molecule has 0 spiro atoms. The van der Waals surface area contributed by atoms with Crippen molar-refractivity contribution in [2.45, 2.75) is 20.0 Å². The summed E-state index contributed by atoms with van der Waals surface area (Å²) in [6.07, 6.45) is 2.62. The Morgan fingerprint density at radius 1 is 1.06 bits per heavy atom. The van der Waals surface area contributed by atoms with Crippen molar-refractivity contribution < 1.29 is 14.3 Å². The van der Waals surface area contributed by atoms with Crippen LogP contribution in [0.3, 0.4) is 0 Å². The highest BCUT2D eigenvalue weighted by Gasteiger charge is 2.29. The van der Waals surface area contributed by atoms with E-state index in [0.717, 1.165) is 17.5 Å². The zero-order valence-electron chi connectivity index (χ0n) is 17.6.